The number of hydrogen-bond donors (Lipinski definition) is 0. The van der Waals surface area contributed by atoms with Crippen LogP contribution in [0.1, 0.15) is 51.9 Å². The smallest absolute Gasteiger partial charge is 0.135 e. The molecule has 0 radical (unpaired) electrons. The largest absolute Gasteiger partial charge is 0.299 e. The summed E-state index contributed by atoms with van der Waals surface area (Å²) >= 11 is 5.50. The highest BCUT2D eigenvalue weighted by Gasteiger charge is 2.29. The molecule has 2 rings (SSSR count). The fraction of sp³-hybridized carbons (Fsp3) is 0.857. The van der Waals surface area contributed by atoms with E-state index in [2.05, 4.69) is 22.9 Å². The van der Waals surface area contributed by atoms with Crippen LogP contribution in [0.25, 0.3) is 0 Å². The molecule has 0 aromatic heterocycles. The molecule has 0 heterocycles. The first-order chi connectivity index (χ1) is 8.70. The van der Waals surface area contributed by atoms with Gasteiger partial charge in [-0.05, 0) is 44.3 Å². The number of halogens is 1. The Hall–Kier alpha value is 0.170. The fourth-order valence-electron chi connectivity index (χ4n) is 2.14. The second-order valence-electron chi connectivity index (χ2n) is 5.21. The average molecular weight is 332 g/mol. The van der Waals surface area contributed by atoms with Crippen LogP contribution in [0.2, 0.25) is 0 Å². The molecule has 0 aliphatic heterocycles. The zero-order valence-electron chi connectivity index (χ0n) is 11.0. The molecule has 4 heteroatoms. The first-order valence-electron chi connectivity index (χ1n) is 7.07. The Kier molecular flexibility index (Phi) is 5.74. The molecule has 2 saturated carbocycles. The van der Waals surface area contributed by atoms with Crippen LogP contribution < -0.4 is 0 Å². The lowest BCUT2D eigenvalue weighted by molar-refractivity contribution is -0.120. The van der Waals surface area contributed by atoms with E-state index < -0.39 is 0 Å². The summed E-state index contributed by atoms with van der Waals surface area (Å²) in [6.07, 6.45) is 7.47. The Bertz CT molecular complexity index is 328. The number of carbonyl (C=O) groups is 1. The molecule has 0 spiro atoms. The van der Waals surface area contributed by atoms with Crippen LogP contribution in [0.5, 0.6) is 0 Å². The van der Waals surface area contributed by atoms with Crippen LogP contribution in [0.15, 0.2) is 4.99 Å². The van der Waals surface area contributed by atoms with Gasteiger partial charge in [0.15, 0.2) is 0 Å². The molecule has 0 amide bonds. The lowest BCUT2D eigenvalue weighted by Crippen LogP contribution is -2.30. The van der Waals surface area contributed by atoms with Crippen molar-refractivity contribution in [2.24, 2.45) is 10.9 Å². The van der Waals surface area contributed by atoms with E-state index in [1.165, 1.54) is 17.9 Å². The van der Waals surface area contributed by atoms with Crippen molar-refractivity contribution in [3.63, 3.8) is 0 Å². The lowest BCUT2D eigenvalue weighted by Gasteiger charge is -2.29. The summed E-state index contributed by atoms with van der Waals surface area (Å²) in [7, 11) is 0. The minimum atomic E-state index is 0.419. The van der Waals surface area contributed by atoms with Gasteiger partial charge in [0.2, 0.25) is 0 Å². The molecule has 2 atom stereocenters. The Labute approximate surface area is 123 Å². The number of Topliss-reactive ketones (excluding diaryl/α,β-unsaturated/α-hetero) is 1. The van der Waals surface area contributed by atoms with Crippen molar-refractivity contribution in [2.45, 2.75) is 62.7 Å². The average Bonchev–Trinajstić information content (AvgIpc) is 3.17. The maximum Gasteiger partial charge on any atom is 0.135 e. The van der Waals surface area contributed by atoms with Gasteiger partial charge in [-0.3, -0.25) is 9.79 Å². The van der Waals surface area contributed by atoms with Crippen LogP contribution in [0.3, 0.4) is 0 Å². The highest BCUT2D eigenvalue weighted by atomic mass is 79.9. The highest BCUT2D eigenvalue weighted by molar-refractivity contribution is 9.09. The van der Waals surface area contributed by atoms with Gasteiger partial charge in [0, 0.05) is 17.2 Å². The molecular weight excluding hydrogens is 310 g/mol. The molecule has 2 nitrogen and oxygen atoms in total. The van der Waals surface area contributed by atoms with Gasteiger partial charge < -0.3 is 0 Å². The van der Waals surface area contributed by atoms with Gasteiger partial charge in [-0.1, -0.05) is 22.9 Å². The third kappa shape index (κ3) is 4.37. The minimum absolute atomic E-state index is 0.419. The van der Waals surface area contributed by atoms with Crippen molar-refractivity contribution in [3.05, 3.63) is 0 Å². The Balaban J connectivity index is 1.72. The molecule has 0 N–H and O–H groups in total. The van der Waals surface area contributed by atoms with Crippen LogP contribution >= 0.6 is 27.7 Å². The van der Waals surface area contributed by atoms with E-state index in [4.69, 9.17) is 4.99 Å². The number of hydrogen-bond acceptors (Lipinski definition) is 3. The van der Waals surface area contributed by atoms with Gasteiger partial charge in [0.05, 0.1) is 11.1 Å². The maximum atomic E-state index is 11.6. The summed E-state index contributed by atoms with van der Waals surface area (Å²) in [5, 5.41) is 1.26. The molecule has 1 unspecified atom stereocenters. The van der Waals surface area contributed by atoms with E-state index >= 15 is 0 Å². The third-order valence-electron chi connectivity index (χ3n) is 3.62. The Morgan fingerprint density at radius 2 is 2.06 bits per heavy atom. The molecule has 2 aliphatic carbocycles. The first kappa shape index (κ1) is 14.6. The van der Waals surface area contributed by atoms with E-state index in [0.717, 1.165) is 37.9 Å². The second-order valence-corrected chi connectivity index (χ2v) is 7.72. The molecule has 2 fully saturated rings. The van der Waals surface area contributed by atoms with Crippen molar-refractivity contribution in [1.29, 1.82) is 0 Å². The van der Waals surface area contributed by atoms with Gasteiger partial charge in [-0.15, -0.1) is 11.8 Å². The molecule has 0 aromatic rings. The number of alkyl halides is 1. The second kappa shape index (κ2) is 7.09. The van der Waals surface area contributed by atoms with Crippen molar-refractivity contribution >= 4 is 38.5 Å². The monoisotopic (exact) mass is 331 g/mol. The van der Waals surface area contributed by atoms with Crippen molar-refractivity contribution in [3.8, 4) is 0 Å². The fourth-order valence-corrected chi connectivity index (χ4v) is 3.61. The Morgan fingerprint density at radius 3 is 2.56 bits per heavy atom. The predicted molar refractivity (Wildman–Crippen MR) is 82.9 cm³/mol. The summed E-state index contributed by atoms with van der Waals surface area (Å²) in [6.45, 7) is 2.17. The van der Waals surface area contributed by atoms with Crippen LogP contribution in [-0.4, -0.2) is 27.4 Å². The lowest BCUT2D eigenvalue weighted by atomic mass is 9.93. The number of ketones is 1. The van der Waals surface area contributed by atoms with Crippen LogP contribution in [0.4, 0.5) is 0 Å². The maximum absolute atomic E-state index is 11.6. The van der Waals surface area contributed by atoms with E-state index in [1.54, 1.807) is 0 Å². The van der Waals surface area contributed by atoms with Crippen LogP contribution in [-0.2, 0) is 4.79 Å². The van der Waals surface area contributed by atoms with E-state index in [1.807, 2.05) is 11.8 Å². The number of nitrogens with zero attached hydrogens (tertiary/aromatic N) is 1. The molecular formula is C14H22BrNOS. The summed E-state index contributed by atoms with van der Waals surface area (Å²) in [5.74, 6) is 1.98. The van der Waals surface area contributed by atoms with Crippen molar-refractivity contribution in [1.82, 2.24) is 0 Å². The summed E-state index contributed by atoms with van der Waals surface area (Å²) in [5.41, 5.74) is 0. The Morgan fingerprint density at radius 1 is 1.28 bits per heavy atom. The van der Waals surface area contributed by atoms with Gasteiger partial charge >= 0.3 is 0 Å². The number of carbonyl (C=O) groups excluding carboxylic acids is 1. The standard InChI is InChI=1S/C14H22BrNOS/c1-2-18-14(16-12-9-8-11(12)15)5-3-4-13(17)10-6-7-10/h10-12H,2-9H2,1H3/b16-14-/t11?,12-/m0/s1. The van der Waals surface area contributed by atoms with Gasteiger partial charge in [-0.25, -0.2) is 0 Å². The van der Waals surface area contributed by atoms with E-state index in [0.29, 0.717) is 22.6 Å². The predicted octanol–water partition coefficient (Wildman–Crippen LogP) is 4.21. The molecule has 0 aromatic carbocycles. The number of aliphatic imine (C=N–C) groups is 1. The summed E-state index contributed by atoms with van der Waals surface area (Å²) in [4.78, 5) is 17.0. The highest BCUT2D eigenvalue weighted by Crippen LogP contribution is 2.33. The molecule has 102 valence electrons. The SMILES string of the molecule is CCS/C(CCCC(=O)C1CC1)=N\[C@H]1CCC1Br. The molecule has 0 saturated heterocycles. The molecule has 0 bridgehead atoms. The summed E-state index contributed by atoms with van der Waals surface area (Å²) < 4.78 is 0. The number of rotatable bonds is 7. The normalized spacial score (nSPS) is 28.0. The van der Waals surface area contributed by atoms with Crippen molar-refractivity contribution < 1.29 is 4.79 Å². The van der Waals surface area contributed by atoms with Gasteiger partial charge in [-0.2, -0.15) is 0 Å². The van der Waals surface area contributed by atoms with Crippen molar-refractivity contribution in [2.75, 3.05) is 5.75 Å². The minimum Gasteiger partial charge on any atom is -0.299 e. The quantitative estimate of drug-likeness (QED) is 0.397. The third-order valence-corrected chi connectivity index (χ3v) is 5.62. The van der Waals surface area contributed by atoms with E-state index in [9.17, 15) is 4.79 Å². The molecule has 2 aliphatic rings. The summed E-state index contributed by atoms with van der Waals surface area (Å²) in [6, 6.07) is 0.484. The zero-order valence-corrected chi connectivity index (χ0v) is 13.4. The molecule has 18 heavy (non-hydrogen) atoms. The van der Waals surface area contributed by atoms with Gasteiger partial charge in [0.1, 0.15) is 5.78 Å². The topological polar surface area (TPSA) is 29.4 Å². The van der Waals surface area contributed by atoms with Gasteiger partial charge in [0.25, 0.3) is 0 Å². The van der Waals surface area contributed by atoms with E-state index in [-0.39, 0.29) is 0 Å². The number of thioether (sulfide) groups is 1. The zero-order chi connectivity index (χ0) is 13.0. The van der Waals surface area contributed by atoms with Crippen LogP contribution in [0, 0.1) is 5.92 Å². The first-order valence-corrected chi connectivity index (χ1v) is 8.97.